The average Bonchev–Trinajstić information content (AvgIpc) is 2.66. The van der Waals surface area contributed by atoms with Crippen LogP contribution in [0.5, 0.6) is 0 Å². The first-order valence-electron chi connectivity index (χ1n) is 8.60. The van der Waals surface area contributed by atoms with Crippen molar-refractivity contribution in [2.24, 2.45) is 11.7 Å². The zero-order valence-electron chi connectivity index (χ0n) is 15.0. The maximum atomic E-state index is 14.0. The minimum Gasteiger partial charge on any atom is -0.480 e. The third-order valence-corrected chi connectivity index (χ3v) is 5.29. The number of rotatable bonds is 8. The van der Waals surface area contributed by atoms with Gasteiger partial charge in [-0.2, -0.15) is 0 Å². The number of carbonyl (C=O) groups is 1. The van der Waals surface area contributed by atoms with E-state index in [0.717, 1.165) is 0 Å². The molecule has 3 unspecified atom stereocenters. The van der Waals surface area contributed by atoms with Crippen LogP contribution in [0.2, 0.25) is 5.02 Å². The van der Waals surface area contributed by atoms with E-state index >= 15 is 0 Å². The predicted molar refractivity (Wildman–Crippen MR) is 105 cm³/mol. The van der Waals surface area contributed by atoms with Crippen LogP contribution in [0.15, 0.2) is 55.1 Å². The Kier molecular flexibility index (Phi) is 6.76. The predicted octanol–water partition coefficient (Wildman–Crippen LogP) is 4.22. The maximum Gasteiger partial charge on any atom is 0.326 e. The molecule has 0 heterocycles. The molecule has 2 aromatic rings. The third kappa shape index (κ3) is 4.05. The Morgan fingerprint density at radius 2 is 2.04 bits per heavy atom. The van der Waals surface area contributed by atoms with Gasteiger partial charge in [-0.3, -0.25) is 4.79 Å². The molecule has 3 atom stereocenters. The van der Waals surface area contributed by atoms with E-state index in [0.29, 0.717) is 28.1 Å². The van der Waals surface area contributed by atoms with Gasteiger partial charge in [-0.1, -0.05) is 54.9 Å². The fourth-order valence-corrected chi connectivity index (χ4v) is 3.73. The lowest BCUT2D eigenvalue weighted by Crippen LogP contribution is -2.58. The van der Waals surface area contributed by atoms with Gasteiger partial charge in [0.05, 0.1) is 6.61 Å². The van der Waals surface area contributed by atoms with E-state index in [9.17, 15) is 19.4 Å². The second-order valence-corrected chi connectivity index (χ2v) is 6.90. The minimum absolute atomic E-state index is 0.357. The molecule has 4 N–H and O–H groups in total. The fraction of sp³-hybridized carbons (Fsp3) is 0.286. The molecule has 0 saturated heterocycles. The summed E-state index contributed by atoms with van der Waals surface area (Å²) in [5.74, 6) is -2.79. The zero-order chi connectivity index (χ0) is 20.2. The lowest BCUT2D eigenvalue weighted by molar-refractivity contribution is -0.147. The highest BCUT2D eigenvalue weighted by Gasteiger charge is 2.44. The standard InChI is InChI=1S/C21H23ClFNO3/c1-3-14(17(4-2)21(24,12-25)20(26)27)16-10-9-13(11-18(16)22)15-7-5-6-8-19(15)23/h4-11,14,17,25H,2-3,12,24H2,1H3,(H,26,27). The molecule has 144 valence electrons. The van der Waals surface area contributed by atoms with Crippen LogP contribution >= 0.6 is 11.6 Å². The number of aliphatic hydroxyl groups excluding tert-OH is 1. The molecule has 0 bridgehead atoms. The Bertz CT molecular complexity index is 842. The van der Waals surface area contributed by atoms with E-state index in [-0.39, 0.29) is 11.7 Å². The van der Waals surface area contributed by atoms with E-state index in [1.54, 1.807) is 36.4 Å². The van der Waals surface area contributed by atoms with Crippen molar-refractivity contribution in [1.29, 1.82) is 0 Å². The molecule has 0 amide bonds. The van der Waals surface area contributed by atoms with Crippen molar-refractivity contribution in [1.82, 2.24) is 0 Å². The minimum atomic E-state index is -1.88. The number of hydrogen-bond donors (Lipinski definition) is 3. The smallest absolute Gasteiger partial charge is 0.326 e. The van der Waals surface area contributed by atoms with Crippen LogP contribution < -0.4 is 5.73 Å². The summed E-state index contributed by atoms with van der Waals surface area (Å²) in [6.07, 6.45) is 1.97. The summed E-state index contributed by atoms with van der Waals surface area (Å²) in [6.45, 7) is 4.85. The van der Waals surface area contributed by atoms with Crippen molar-refractivity contribution in [2.45, 2.75) is 24.8 Å². The summed E-state index contributed by atoms with van der Waals surface area (Å²) in [5, 5.41) is 19.5. The van der Waals surface area contributed by atoms with Crippen molar-refractivity contribution < 1.29 is 19.4 Å². The van der Waals surface area contributed by atoms with Crippen molar-refractivity contribution >= 4 is 17.6 Å². The number of benzene rings is 2. The van der Waals surface area contributed by atoms with Crippen LogP contribution in [0.4, 0.5) is 4.39 Å². The van der Waals surface area contributed by atoms with Gasteiger partial charge in [0.2, 0.25) is 0 Å². The van der Waals surface area contributed by atoms with Gasteiger partial charge >= 0.3 is 5.97 Å². The summed E-state index contributed by atoms with van der Waals surface area (Å²) < 4.78 is 14.0. The number of halogens is 2. The van der Waals surface area contributed by atoms with E-state index in [1.807, 2.05) is 6.92 Å². The monoisotopic (exact) mass is 391 g/mol. The number of nitrogens with two attached hydrogens (primary N) is 1. The molecular weight excluding hydrogens is 369 g/mol. The molecule has 4 nitrogen and oxygen atoms in total. The lowest BCUT2D eigenvalue weighted by Gasteiger charge is -2.36. The molecule has 2 aromatic carbocycles. The van der Waals surface area contributed by atoms with Crippen LogP contribution in [0.3, 0.4) is 0 Å². The van der Waals surface area contributed by atoms with Crippen LogP contribution in [0.1, 0.15) is 24.8 Å². The molecular formula is C21H23ClFNO3. The number of hydrogen-bond acceptors (Lipinski definition) is 3. The molecule has 0 saturated carbocycles. The molecule has 0 spiro atoms. The number of carboxylic acid groups (broad SMARTS) is 1. The Hall–Kier alpha value is -2.21. The van der Waals surface area contributed by atoms with Gasteiger partial charge in [0, 0.05) is 16.5 Å². The second kappa shape index (κ2) is 8.65. The first kappa shape index (κ1) is 21.1. The van der Waals surface area contributed by atoms with Crippen molar-refractivity contribution in [2.75, 3.05) is 6.61 Å². The quantitative estimate of drug-likeness (QED) is 0.588. The second-order valence-electron chi connectivity index (χ2n) is 6.50. The van der Waals surface area contributed by atoms with Gasteiger partial charge in [-0.25, -0.2) is 4.39 Å². The van der Waals surface area contributed by atoms with E-state index in [4.69, 9.17) is 17.3 Å². The van der Waals surface area contributed by atoms with Gasteiger partial charge in [-0.05, 0) is 35.6 Å². The van der Waals surface area contributed by atoms with E-state index in [2.05, 4.69) is 6.58 Å². The number of aliphatic hydroxyl groups is 1. The van der Waals surface area contributed by atoms with Crippen LogP contribution in [0, 0.1) is 11.7 Å². The zero-order valence-corrected chi connectivity index (χ0v) is 15.8. The van der Waals surface area contributed by atoms with Gasteiger partial charge in [0.25, 0.3) is 0 Å². The highest BCUT2D eigenvalue weighted by atomic mass is 35.5. The van der Waals surface area contributed by atoms with Crippen LogP contribution in [-0.4, -0.2) is 28.3 Å². The number of carboxylic acids is 1. The molecule has 0 aliphatic rings. The summed E-state index contributed by atoms with van der Waals surface area (Å²) in [5.41, 5.74) is 5.82. The first-order valence-corrected chi connectivity index (χ1v) is 8.98. The van der Waals surface area contributed by atoms with Gasteiger partial charge in [-0.15, -0.1) is 6.58 Å². The molecule has 0 aliphatic carbocycles. The van der Waals surface area contributed by atoms with Crippen molar-refractivity contribution in [3.8, 4) is 11.1 Å². The molecule has 2 rings (SSSR count). The molecule has 0 radical (unpaired) electrons. The fourth-order valence-electron chi connectivity index (χ4n) is 3.41. The summed E-state index contributed by atoms with van der Waals surface area (Å²) >= 11 is 6.47. The molecule has 27 heavy (non-hydrogen) atoms. The topological polar surface area (TPSA) is 83.5 Å². The van der Waals surface area contributed by atoms with Crippen molar-refractivity contribution in [3.05, 3.63) is 71.5 Å². The van der Waals surface area contributed by atoms with Gasteiger partial charge < -0.3 is 15.9 Å². The van der Waals surface area contributed by atoms with Gasteiger partial charge in [0.1, 0.15) is 11.4 Å². The highest BCUT2D eigenvalue weighted by molar-refractivity contribution is 6.31. The van der Waals surface area contributed by atoms with Gasteiger partial charge in [0.15, 0.2) is 0 Å². The molecule has 0 aromatic heterocycles. The average molecular weight is 392 g/mol. The Balaban J connectivity index is 2.50. The normalized spacial score (nSPS) is 15.6. The van der Waals surface area contributed by atoms with Crippen LogP contribution in [0.25, 0.3) is 11.1 Å². The SMILES string of the molecule is C=CC(C(CC)c1ccc(-c2ccccc2F)cc1Cl)C(N)(CO)C(=O)O. The summed E-state index contributed by atoms with van der Waals surface area (Å²) in [7, 11) is 0. The Morgan fingerprint density at radius 3 is 2.52 bits per heavy atom. The summed E-state index contributed by atoms with van der Waals surface area (Å²) in [6, 6.07) is 11.5. The van der Waals surface area contributed by atoms with E-state index in [1.165, 1.54) is 12.1 Å². The highest BCUT2D eigenvalue weighted by Crippen LogP contribution is 2.40. The molecule has 0 fully saturated rings. The first-order chi connectivity index (χ1) is 12.8. The summed E-state index contributed by atoms with van der Waals surface area (Å²) in [4.78, 5) is 11.7. The number of aliphatic carboxylic acids is 1. The van der Waals surface area contributed by atoms with E-state index < -0.39 is 24.0 Å². The maximum absolute atomic E-state index is 14.0. The van der Waals surface area contributed by atoms with Crippen molar-refractivity contribution in [3.63, 3.8) is 0 Å². The van der Waals surface area contributed by atoms with Crippen LogP contribution in [-0.2, 0) is 4.79 Å². The third-order valence-electron chi connectivity index (χ3n) is 4.97. The Morgan fingerprint density at radius 1 is 1.37 bits per heavy atom. The lowest BCUT2D eigenvalue weighted by atomic mass is 9.72. The Labute approximate surface area is 163 Å². The molecule has 0 aliphatic heterocycles. The largest absolute Gasteiger partial charge is 0.480 e. The molecule has 6 heteroatoms.